The van der Waals surface area contributed by atoms with E-state index < -0.39 is 0 Å². The van der Waals surface area contributed by atoms with E-state index in [0.29, 0.717) is 24.0 Å². The topological polar surface area (TPSA) is 89.1 Å². The van der Waals surface area contributed by atoms with Crippen LogP contribution in [0.3, 0.4) is 0 Å². The summed E-state index contributed by atoms with van der Waals surface area (Å²) in [4.78, 5) is 4.31. The second kappa shape index (κ2) is 11.4. The fourth-order valence-corrected chi connectivity index (χ4v) is 2.39. The Morgan fingerprint density at radius 3 is 2.25 bits per heavy atom. The zero-order valence-electron chi connectivity index (χ0n) is 15.1. The van der Waals surface area contributed by atoms with Gasteiger partial charge in [0.1, 0.15) is 0 Å². The van der Waals surface area contributed by atoms with E-state index in [1.54, 1.807) is 12.1 Å². The van der Waals surface area contributed by atoms with Crippen molar-refractivity contribution >= 4 is 5.96 Å². The monoisotopic (exact) mass is 337 g/mol. The van der Waals surface area contributed by atoms with Gasteiger partial charge >= 0.3 is 0 Å². The van der Waals surface area contributed by atoms with Crippen LogP contribution in [-0.2, 0) is 6.54 Å². The number of hydrogen-bond acceptors (Lipinski definition) is 4. The number of methoxy groups -OCH3 is 2. The fraction of sp³-hybridized carbons (Fsp3) is 0.611. The van der Waals surface area contributed by atoms with Crippen molar-refractivity contribution in [3.63, 3.8) is 0 Å². The lowest BCUT2D eigenvalue weighted by atomic mass is 10.1. The first kappa shape index (κ1) is 19.9. The number of phenols is 1. The maximum Gasteiger partial charge on any atom is 0.200 e. The highest BCUT2D eigenvalue weighted by molar-refractivity contribution is 5.77. The van der Waals surface area contributed by atoms with Gasteiger partial charge in [-0.05, 0) is 24.1 Å². The van der Waals surface area contributed by atoms with Gasteiger partial charge in [-0.3, -0.25) is 0 Å². The van der Waals surface area contributed by atoms with Crippen LogP contribution < -0.4 is 20.5 Å². The van der Waals surface area contributed by atoms with Gasteiger partial charge in [0.2, 0.25) is 5.75 Å². The highest BCUT2D eigenvalue weighted by Crippen LogP contribution is 2.37. The maximum atomic E-state index is 9.89. The zero-order valence-corrected chi connectivity index (χ0v) is 15.1. The number of nitrogens with two attached hydrogens (primary N) is 1. The molecule has 4 N–H and O–H groups in total. The molecule has 1 aromatic carbocycles. The second-order valence-electron chi connectivity index (χ2n) is 5.74. The van der Waals surface area contributed by atoms with Gasteiger partial charge in [0.15, 0.2) is 17.5 Å². The molecule has 0 heterocycles. The maximum absolute atomic E-state index is 9.89. The summed E-state index contributed by atoms with van der Waals surface area (Å²) < 4.78 is 10.3. The molecule has 0 saturated carbocycles. The first-order valence-electron chi connectivity index (χ1n) is 8.60. The number of aliphatic imine (C=N–C) groups is 1. The summed E-state index contributed by atoms with van der Waals surface area (Å²) in [5.74, 6) is 1.13. The Hall–Kier alpha value is -2.11. The molecule has 136 valence electrons. The summed E-state index contributed by atoms with van der Waals surface area (Å²) in [5.41, 5.74) is 6.73. The molecule has 0 spiro atoms. The van der Waals surface area contributed by atoms with Crippen molar-refractivity contribution in [1.82, 2.24) is 5.32 Å². The fourth-order valence-electron chi connectivity index (χ4n) is 2.39. The van der Waals surface area contributed by atoms with E-state index in [0.717, 1.165) is 18.5 Å². The summed E-state index contributed by atoms with van der Waals surface area (Å²) in [7, 11) is 3.00. The smallest absolute Gasteiger partial charge is 0.200 e. The molecular formula is C18H31N3O3. The first-order chi connectivity index (χ1) is 11.6. The van der Waals surface area contributed by atoms with Crippen molar-refractivity contribution in [1.29, 1.82) is 0 Å². The highest BCUT2D eigenvalue weighted by atomic mass is 16.5. The highest BCUT2D eigenvalue weighted by Gasteiger charge is 2.10. The van der Waals surface area contributed by atoms with Crippen molar-refractivity contribution < 1.29 is 14.6 Å². The summed E-state index contributed by atoms with van der Waals surface area (Å²) in [6, 6.07) is 3.45. The third-order valence-corrected chi connectivity index (χ3v) is 3.81. The number of ether oxygens (including phenoxy) is 2. The van der Waals surface area contributed by atoms with Crippen molar-refractivity contribution in [3.05, 3.63) is 17.7 Å². The molecule has 0 aliphatic heterocycles. The molecule has 0 atom stereocenters. The molecule has 0 aliphatic carbocycles. The number of guanidine groups is 1. The molecule has 0 radical (unpaired) electrons. The first-order valence-corrected chi connectivity index (χ1v) is 8.60. The van der Waals surface area contributed by atoms with Crippen LogP contribution in [0.4, 0.5) is 0 Å². The molecule has 0 fully saturated rings. The van der Waals surface area contributed by atoms with Gasteiger partial charge in [-0.2, -0.15) is 0 Å². The molecule has 1 rings (SSSR count). The van der Waals surface area contributed by atoms with E-state index in [9.17, 15) is 5.11 Å². The Balaban J connectivity index is 2.42. The molecule has 6 heteroatoms. The summed E-state index contributed by atoms with van der Waals surface area (Å²) in [5, 5.41) is 13.0. The average molecular weight is 337 g/mol. The standard InChI is InChI=1S/C18H31N3O3/c1-4-5-6-7-8-9-10-20-18(19)21-13-14-11-15(23-2)17(22)16(12-14)24-3/h11-12,22H,4-10,13H2,1-3H3,(H3,19,20,21). The van der Waals surface area contributed by atoms with E-state index >= 15 is 0 Å². The van der Waals surface area contributed by atoms with Gasteiger partial charge in [0, 0.05) is 6.54 Å². The number of nitrogens with one attached hydrogen (secondary N) is 1. The van der Waals surface area contributed by atoms with Crippen LogP contribution in [0.25, 0.3) is 0 Å². The number of phenolic OH excluding ortho intramolecular Hbond substituents is 1. The van der Waals surface area contributed by atoms with Crippen molar-refractivity contribution in [2.45, 2.75) is 52.0 Å². The molecular weight excluding hydrogens is 306 g/mol. The van der Waals surface area contributed by atoms with Gasteiger partial charge in [-0.15, -0.1) is 0 Å². The normalized spacial score (nSPS) is 11.4. The largest absolute Gasteiger partial charge is 0.502 e. The Bertz CT molecular complexity index is 493. The average Bonchev–Trinajstić information content (AvgIpc) is 2.60. The van der Waals surface area contributed by atoms with Crippen LogP contribution in [0.15, 0.2) is 17.1 Å². The molecule has 0 bridgehead atoms. The Morgan fingerprint density at radius 2 is 1.67 bits per heavy atom. The van der Waals surface area contributed by atoms with E-state index in [1.165, 1.54) is 46.3 Å². The quantitative estimate of drug-likeness (QED) is 0.328. The Morgan fingerprint density at radius 1 is 1.08 bits per heavy atom. The van der Waals surface area contributed by atoms with Gasteiger partial charge < -0.3 is 25.6 Å². The van der Waals surface area contributed by atoms with E-state index in [1.807, 2.05) is 0 Å². The number of aromatic hydroxyl groups is 1. The van der Waals surface area contributed by atoms with Gasteiger partial charge in [0.05, 0.1) is 20.8 Å². The lowest BCUT2D eigenvalue weighted by molar-refractivity contribution is 0.339. The number of nitrogens with zero attached hydrogens (tertiary/aromatic N) is 1. The molecule has 0 unspecified atom stereocenters. The molecule has 24 heavy (non-hydrogen) atoms. The molecule has 0 amide bonds. The predicted octanol–water partition coefficient (Wildman–Crippen LogP) is 3.17. The minimum atomic E-state index is -0.0121. The Kier molecular flexibility index (Phi) is 9.49. The van der Waals surface area contributed by atoms with E-state index in [-0.39, 0.29) is 5.75 Å². The number of benzene rings is 1. The molecule has 0 aliphatic rings. The van der Waals surface area contributed by atoms with Crippen molar-refractivity contribution in [3.8, 4) is 17.2 Å². The molecule has 0 aromatic heterocycles. The van der Waals surface area contributed by atoms with Crippen LogP contribution in [0, 0.1) is 0 Å². The lowest BCUT2D eigenvalue weighted by Gasteiger charge is -2.10. The van der Waals surface area contributed by atoms with Crippen molar-refractivity contribution in [2.75, 3.05) is 20.8 Å². The van der Waals surface area contributed by atoms with Crippen LogP contribution >= 0.6 is 0 Å². The minimum absolute atomic E-state index is 0.0121. The van der Waals surface area contributed by atoms with Crippen LogP contribution in [0.2, 0.25) is 0 Å². The van der Waals surface area contributed by atoms with Crippen molar-refractivity contribution in [2.24, 2.45) is 10.7 Å². The van der Waals surface area contributed by atoms with E-state index in [2.05, 4.69) is 17.2 Å². The second-order valence-corrected chi connectivity index (χ2v) is 5.74. The Labute approximate surface area is 145 Å². The number of rotatable bonds is 11. The molecule has 1 aromatic rings. The van der Waals surface area contributed by atoms with E-state index in [4.69, 9.17) is 15.2 Å². The molecule has 0 saturated heterocycles. The minimum Gasteiger partial charge on any atom is -0.502 e. The van der Waals surface area contributed by atoms with Gasteiger partial charge in [-0.25, -0.2) is 4.99 Å². The SMILES string of the molecule is CCCCCCCCNC(N)=NCc1cc(OC)c(O)c(OC)c1. The van der Waals surface area contributed by atoms with Gasteiger partial charge in [0.25, 0.3) is 0 Å². The number of unbranched alkanes of at least 4 members (excludes halogenated alkanes) is 5. The van der Waals surface area contributed by atoms with Crippen LogP contribution in [0.5, 0.6) is 17.2 Å². The van der Waals surface area contributed by atoms with Crippen LogP contribution in [-0.4, -0.2) is 31.8 Å². The zero-order chi connectivity index (χ0) is 17.8. The lowest BCUT2D eigenvalue weighted by Crippen LogP contribution is -2.32. The summed E-state index contributed by atoms with van der Waals surface area (Å²) in [6.07, 6.45) is 7.49. The third-order valence-electron chi connectivity index (χ3n) is 3.81. The summed E-state index contributed by atoms with van der Waals surface area (Å²) in [6.45, 7) is 3.45. The van der Waals surface area contributed by atoms with Crippen LogP contribution in [0.1, 0.15) is 51.0 Å². The third kappa shape index (κ3) is 6.98. The number of hydrogen-bond donors (Lipinski definition) is 3. The summed E-state index contributed by atoms with van der Waals surface area (Å²) >= 11 is 0. The van der Waals surface area contributed by atoms with Gasteiger partial charge in [-0.1, -0.05) is 39.0 Å². The predicted molar refractivity (Wildman–Crippen MR) is 97.9 cm³/mol. The molecule has 6 nitrogen and oxygen atoms in total.